The average molecular weight is 325 g/mol. The maximum absolute atomic E-state index is 12.4. The number of phenols is 1. The molecule has 110 valence electrons. The molecule has 6 heteroatoms. The number of nitrogens with two attached hydrogens (primary N) is 1. The molecule has 0 aliphatic rings. The van der Waals surface area contributed by atoms with Gasteiger partial charge in [0.05, 0.1) is 15.6 Å². The van der Waals surface area contributed by atoms with Crippen molar-refractivity contribution >= 4 is 34.8 Å². The molecule has 0 atom stereocenters. The fourth-order valence-corrected chi connectivity index (χ4v) is 2.39. The van der Waals surface area contributed by atoms with Crippen LogP contribution in [0.1, 0.15) is 15.9 Å². The van der Waals surface area contributed by atoms with E-state index >= 15 is 0 Å². The third-order valence-corrected chi connectivity index (χ3v) is 3.76. The van der Waals surface area contributed by atoms with Crippen LogP contribution in [-0.2, 0) is 6.54 Å². The van der Waals surface area contributed by atoms with Gasteiger partial charge in [-0.05, 0) is 29.8 Å². The number of nitrogens with zero attached hydrogens (tertiary/aromatic N) is 1. The SMILES string of the molecule is CN(Cc1cccc(O)c1)C(=O)c1cc(N)cc(Cl)c1Cl. The molecule has 2 aromatic rings. The second-order valence-electron chi connectivity index (χ2n) is 4.70. The molecule has 21 heavy (non-hydrogen) atoms. The molecule has 3 N–H and O–H groups in total. The monoisotopic (exact) mass is 324 g/mol. The Kier molecular flexibility index (Phi) is 4.60. The molecule has 0 unspecified atom stereocenters. The van der Waals surface area contributed by atoms with Crippen LogP contribution in [0.4, 0.5) is 5.69 Å². The molecule has 0 aliphatic carbocycles. The number of hydrogen-bond donors (Lipinski definition) is 2. The lowest BCUT2D eigenvalue weighted by Gasteiger charge is -2.19. The fraction of sp³-hybridized carbons (Fsp3) is 0.133. The number of carbonyl (C=O) groups is 1. The van der Waals surface area contributed by atoms with E-state index in [1.807, 2.05) is 6.07 Å². The maximum atomic E-state index is 12.4. The molecular weight excluding hydrogens is 311 g/mol. The van der Waals surface area contributed by atoms with E-state index in [4.69, 9.17) is 28.9 Å². The predicted octanol–water partition coefficient (Wildman–Crippen LogP) is 3.55. The number of hydrogen-bond acceptors (Lipinski definition) is 3. The highest BCUT2D eigenvalue weighted by molar-refractivity contribution is 6.44. The number of aromatic hydroxyl groups is 1. The first-order valence-electron chi connectivity index (χ1n) is 6.16. The minimum atomic E-state index is -0.294. The van der Waals surface area contributed by atoms with E-state index in [1.165, 1.54) is 17.0 Å². The van der Waals surface area contributed by atoms with Crippen molar-refractivity contribution in [1.82, 2.24) is 4.90 Å². The summed E-state index contributed by atoms with van der Waals surface area (Å²) in [7, 11) is 1.64. The summed E-state index contributed by atoms with van der Waals surface area (Å²) in [6, 6.07) is 9.69. The first kappa shape index (κ1) is 15.5. The second kappa shape index (κ2) is 6.24. The van der Waals surface area contributed by atoms with Crippen molar-refractivity contribution in [3.8, 4) is 5.75 Å². The number of anilines is 1. The molecule has 0 aliphatic heterocycles. The summed E-state index contributed by atoms with van der Waals surface area (Å²) in [5, 5.41) is 9.86. The number of benzene rings is 2. The summed E-state index contributed by atoms with van der Waals surface area (Å²) in [5.74, 6) is -0.143. The number of halogens is 2. The van der Waals surface area contributed by atoms with Gasteiger partial charge < -0.3 is 15.7 Å². The Bertz CT molecular complexity index is 689. The Morgan fingerprint density at radius 3 is 2.67 bits per heavy atom. The number of nitrogen functional groups attached to an aromatic ring is 1. The van der Waals surface area contributed by atoms with Gasteiger partial charge in [0.25, 0.3) is 5.91 Å². The highest BCUT2D eigenvalue weighted by atomic mass is 35.5. The van der Waals surface area contributed by atoms with E-state index in [2.05, 4.69) is 0 Å². The zero-order valence-corrected chi connectivity index (χ0v) is 12.8. The topological polar surface area (TPSA) is 66.6 Å². The van der Waals surface area contributed by atoms with Crippen molar-refractivity contribution in [2.24, 2.45) is 0 Å². The van der Waals surface area contributed by atoms with Crippen LogP contribution < -0.4 is 5.73 Å². The average Bonchev–Trinajstić information content (AvgIpc) is 2.42. The Balaban J connectivity index is 2.24. The summed E-state index contributed by atoms with van der Waals surface area (Å²) >= 11 is 12.0. The van der Waals surface area contributed by atoms with Crippen LogP contribution in [0.25, 0.3) is 0 Å². The van der Waals surface area contributed by atoms with Gasteiger partial charge in [0, 0.05) is 19.3 Å². The zero-order chi connectivity index (χ0) is 15.6. The summed E-state index contributed by atoms with van der Waals surface area (Å²) in [4.78, 5) is 13.9. The lowest BCUT2D eigenvalue weighted by atomic mass is 10.1. The van der Waals surface area contributed by atoms with Crippen LogP contribution in [0.15, 0.2) is 36.4 Å². The summed E-state index contributed by atoms with van der Waals surface area (Å²) < 4.78 is 0. The zero-order valence-electron chi connectivity index (χ0n) is 11.3. The van der Waals surface area contributed by atoms with Gasteiger partial charge in [-0.25, -0.2) is 0 Å². The van der Waals surface area contributed by atoms with E-state index < -0.39 is 0 Å². The van der Waals surface area contributed by atoms with Crippen molar-refractivity contribution in [3.05, 3.63) is 57.6 Å². The van der Waals surface area contributed by atoms with Gasteiger partial charge in [-0.3, -0.25) is 4.79 Å². The standard InChI is InChI=1S/C15H14Cl2N2O2/c1-19(8-9-3-2-4-11(20)5-9)15(21)12-6-10(18)7-13(16)14(12)17/h2-7,20H,8,18H2,1H3. The van der Waals surface area contributed by atoms with Gasteiger partial charge in [0.15, 0.2) is 0 Å². The third kappa shape index (κ3) is 3.60. The van der Waals surface area contributed by atoms with Gasteiger partial charge in [-0.2, -0.15) is 0 Å². The molecule has 0 fully saturated rings. The molecule has 0 saturated carbocycles. The van der Waals surface area contributed by atoms with E-state index in [0.717, 1.165) is 5.56 Å². The second-order valence-corrected chi connectivity index (χ2v) is 5.48. The molecule has 1 amide bonds. The molecule has 0 spiro atoms. The van der Waals surface area contributed by atoms with Crippen molar-refractivity contribution in [3.63, 3.8) is 0 Å². The summed E-state index contributed by atoms with van der Waals surface area (Å²) in [6.45, 7) is 0.329. The van der Waals surface area contributed by atoms with Crippen molar-refractivity contribution in [2.45, 2.75) is 6.54 Å². The van der Waals surface area contributed by atoms with Crippen LogP contribution in [0, 0.1) is 0 Å². The van der Waals surface area contributed by atoms with Crippen LogP contribution in [0.5, 0.6) is 5.75 Å². The Morgan fingerprint density at radius 2 is 2.00 bits per heavy atom. The Hall–Kier alpha value is -1.91. The first-order valence-corrected chi connectivity index (χ1v) is 6.92. The first-order chi connectivity index (χ1) is 9.88. The van der Waals surface area contributed by atoms with Crippen LogP contribution in [-0.4, -0.2) is 23.0 Å². The lowest BCUT2D eigenvalue weighted by Crippen LogP contribution is -2.26. The molecule has 0 saturated heterocycles. The minimum Gasteiger partial charge on any atom is -0.508 e. The molecule has 2 rings (SSSR count). The lowest BCUT2D eigenvalue weighted by molar-refractivity contribution is 0.0785. The van der Waals surface area contributed by atoms with E-state index in [-0.39, 0.29) is 27.3 Å². The number of phenolic OH excluding ortho intramolecular Hbond substituents is 1. The number of rotatable bonds is 3. The van der Waals surface area contributed by atoms with Crippen molar-refractivity contribution < 1.29 is 9.90 Å². The smallest absolute Gasteiger partial charge is 0.255 e. The minimum absolute atomic E-state index is 0.151. The fourth-order valence-electron chi connectivity index (χ4n) is 1.97. The quantitative estimate of drug-likeness (QED) is 0.848. The van der Waals surface area contributed by atoms with Gasteiger partial charge in [0.1, 0.15) is 5.75 Å². The van der Waals surface area contributed by atoms with Gasteiger partial charge in [-0.15, -0.1) is 0 Å². The Labute approximate surface area is 132 Å². The van der Waals surface area contributed by atoms with E-state index in [9.17, 15) is 9.90 Å². The molecular formula is C15H14Cl2N2O2. The van der Waals surface area contributed by atoms with Gasteiger partial charge >= 0.3 is 0 Å². The third-order valence-electron chi connectivity index (χ3n) is 2.96. The highest BCUT2D eigenvalue weighted by Crippen LogP contribution is 2.29. The van der Waals surface area contributed by atoms with Crippen LogP contribution >= 0.6 is 23.2 Å². The van der Waals surface area contributed by atoms with Gasteiger partial charge in [0.2, 0.25) is 0 Å². The maximum Gasteiger partial charge on any atom is 0.255 e. The largest absolute Gasteiger partial charge is 0.508 e. The van der Waals surface area contributed by atoms with E-state index in [0.29, 0.717) is 12.2 Å². The molecule has 0 aromatic heterocycles. The van der Waals surface area contributed by atoms with Crippen LogP contribution in [0.3, 0.4) is 0 Å². The van der Waals surface area contributed by atoms with Crippen LogP contribution in [0.2, 0.25) is 10.0 Å². The molecule has 0 bridgehead atoms. The summed E-state index contributed by atoms with van der Waals surface area (Å²) in [5.41, 5.74) is 7.12. The predicted molar refractivity (Wildman–Crippen MR) is 84.8 cm³/mol. The molecule has 0 heterocycles. The van der Waals surface area contributed by atoms with Gasteiger partial charge in [-0.1, -0.05) is 35.3 Å². The van der Waals surface area contributed by atoms with Crippen molar-refractivity contribution in [1.29, 1.82) is 0 Å². The number of amides is 1. The number of carbonyl (C=O) groups excluding carboxylic acids is 1. The Morgan fingerprint density at radius 1 is 1.29 bits per heavy atom. The molecule has 4 nitrogen and oxygen atoms in total. The molecule has 2 aromatic carbocycles. The normalized spacial score (nSPS) is 10.4. The summed E-state index contributed by atoms with van der Waals surface area (Å²) in [6.07, 6.45) is 0. The molecule has 0 radical (unpaired) electrons. The highest BCUT2D eigenvalue weighted by Gasteiger charge is 2.18. The van der Waals surface area contributed by atoms with Crippen molar-refractivity contribution in [2.75, 3.05) is 12.8 Å². The van der Waals surface area contributed by atoms with E-state index in [1.54, 1.807) is 25.2 Å².